The van der Waals surface area contributed by atoms with Crippen molar-refractivity contribution < 1.29 is 34.5 Å². The summed E-state index contributed by atoms with van der Waals surface area (Å²) in [6.45, 7) is 0. The minimum absolute atomic E-state index is 0.0810. The van der Waals surface area contributed by atoms with E-state index < -0.39 is 17.9 Å². The summed E-state index contributed by atoms with van der Waals surface area (Å²) in [6.07, 6.45) is 0.453. The van der Waals surface area contributed by atoms with Gasteiger partial charge in [0.1, 0.15) is 6.29 Å². The van der Waals surface area contributed by atoms with Crippen molar-refractivity contribution in [2.24, 2.45) is 0 Å². The van der Waals surface area contributed by atoms with Gasteiger partial charge in [-0.1, -0.05) is 0 Å². The second-order valence-corrected chi connectivity index (χ2v) is 4.68. The molecule has 0 aliphatic rings. The Bertz CT molecular complexity index is 804. The van der Waals surface area contributed by atoms with Gasteiger partial charge in [-0.2, -0.15) is 0 Å². The lowest BCUT2D eigenvalue weighted by Gasteiger charge is -2.08. The SMILES string of the molecule is O=Cc1cc(C(=O)O)cc(-c2cc(C(=O)O)cc(C(=O)O)c2)c1. The van der Waals surface area contributed by atoms with Crippen LogP contribution in [0, 0.1) is 0 Å². The Morgan fingerprint density at radius 3 is 1.43 bits per heavy atom. The van der Waals surface area contributed by atoms with E-state index in [0.717, 1.165) is 12.1 Å². The van der Waals surface area contributed by atoms with Crippen molar-refractivity contribution >= 4 is 24.2 Å². The fourth-order valence-corrected chi connectivity index (χ4v) is 2.05. The van der Waals surface area contributed by atoms with Gasteiger partial charge in [0.15, 0.2) is 0 Å². The van der Waals surface area contributed by atoms with E-state index >= 15 is 0 Å². The summed E-state index contributed by atoms with van der Waals surface area (Å²) in [5.41, 5.74) is -0.174. The van der Waals surface area contributed by atoms with Crippen LogP contribution in [0.4, 0.5) is 0 Å². The average Bonchev–Trinajstić information content (AvgIpc) is 2.53. The Hall–Kier alpha value is -3.48. The monoisotopic (exact) mass is 314 g/mol. The molecule has 0 bridgehead atoms. The maximum Gasteiger partial charge on any atom is 0.335 e. The highest BCUT2D eigenvalue weighted by molar-refractivity contribution is 5.97. The number of carboxylic acids is 3. The van der Waals surface area contributed by atoms with Crippen LogP contribution in [0.15, 0.2) is 36.4 Å². The maximum atomic E-state index is 11.1. The molecule has 0 atom stereocenters. The van der Waals surface area contributed by atoms with Gasteiger partial charge in [-0.15, -0.1) is 0 Å². The predicted octanol–water partition coefficient (Wildman–Crippen LogP) is 2.26. The smallest absolute Gasteiger partial charge is 0.335 e. The van der Waals surface area contributed by atoms with E-state index in [0.29, 0.717) is 6.29 Å². The van der Waals surface area contributed by atoms with Crippen molar-refractivity contribution in [3.63, 3.8) is 0 Å². The second-order valence-electron chi connectivity index (χ2n) is 4.68. The number of aldehydes is 1. The van der Waals surface area contributed by atoms with E-state index in [1.165, 1.54) is 24.3 Å². The van der Waals surface area contributed by atoms with Crippen LogP contribution in [-0.2, 0) is 0 Å². The molecule has 116 valence electrons. The van der Waals surface area contributed by atoms with Crippen LogP contribution in [-0.4, -0.2) is 39.5 Å². The van der Waals surface area contributed by atoms with Crippen LogP contribution in [0.5, 0.6) is 0 Å². The van der Waals surface area contributed by atoms with Crippen LogP contribution in [0.2, 0.25) is 0 Å². The summed E-state index contributed by atoms with van der Waals surface area (Å²) in [6, 6.07) is 7.18. The van der Waals surface area contributed by atoms with Crippen molar-refractivity contribution in [1.29, 1.82) is 0 Å². The lowest BCUT2D eigenvalue weighted by Crippen LogP contribution is -2.04. The first-order chi connectivity index (χ1) is 10.8. The third-order valence-electron chi connectivity index (χ3n) is 3.10. The third kappa shape index (κ3) is 3.41. The molecule has 0 aromatic heterocycles. The lowest BCUT2D eigenvalue weighted by molar-refractivity contribution is 0.0681. The fourth-order valence-electron chi connectivity index (χ4n) is 2.05. The van der Waals surface area contributed by atoms with Gasteiger partial charge in [0, 0.05) is 5.56 Å². The zero-order valence-electron chi connectivity index (χ0n) is 11.5. The molecule has 0 radical (unpaired) electrons. The van der Waals surface area contributed by atoms with Crippen molar-refractivity contribution in [3.05, 3.63) is 58.7 Å². The fraction of sp³-hybridized carbons (Fsp3) is 0. The summed E-state index contributed by atoms with van der Waals surface area (Å²) in [5, 5.41) is 27.2. The van der Waals surface area contributed by atoms with Crippen molar-refractivity contribution in [2.45, 2.75) is 0 Å². The van der Waals surface area contributed by atoms with Crippen LogP contribution in [0.1, 0.15) is 41.4 Å². The van der Waals surface area contributed by atoms with E-state index in [2.05, 4.69) is 0 Å². The molecule has 2 rings (SSSR count). The molecule has 0 fully saturated rings. The number of hydrogen-bond donors (Lipinski definition) is 3. The zero-order valence-corrected chi connectivity index (χ0v) is 11.5. The molecule has 23 heavy (non-hydrogen) atoms. The molecule has 0 unspecified atom stereocenters. The molecule has 3 N–H and O–H groups in total. The molecule has 0 aliphatic carbocycles. The largest absolute Gasteiger partial charge is 0.478 e. The van der Waals surface area contributed by atoms with Crippen LogP contribution < -0.4 is 0 Å². The molecule has 0 saturated carbocycles. The Labute approximate surface area is 129 Å². The van der Waals surface area contributed by atoms with E-state index in [9.17, 15) is 19.2 Å². The third-order valence-corrected chi connectivity index (χ3v) is 3.10. The van der Waals surface area contributed by atoms with E-state index in [1.807, 2.05) is 0 Å². The number of aromatic carboxylic acids is 3. The van der Waals surface area contributed by atoms with E-state index in [1.54, 1.807) is 0 Å². The zero-order chi connectivity index (χ0) is 17.1. The summed E-state index contributed by atoms with van der Waals surface area (Å²) >= 11 is 0. The minimum atomic E-state index is -1.32. The molecule has 0 heterocycles. The first-order valence-corrected chi connectivity index (χ1v) is 6.27. The first kappa shape index (κ1) is 15.9. The number of carbonyl (C=O) groups is 4. The Morgan fingerprint density at radius 1 is 0.652 bits per heavy atom. The Morgan fingerprint density at radius 2 is 1.04 bits per heavy atom. The summed E-state index contributed by atoms with van der Waals surface area (Å²) in [5.74, 6) is -3.90. The minimum Gasteiger partial charge on any atom is -0.478 e. The molecule has 0 spiro atoms. The van der Waals surface area contributed by atoms with E-state index in [-0.39, 0.29) is 33.4 Å². The second kappa shape index (κ2) is 6.10. The number of benzene rings is 2. The van der Waals surface area contributed by atoms with Gasteiger partial charge in [0.25, 0.3) is 0 Å². The highest BCUT2D eigenvalue weighted by Crippen LogP contribution is 2.25. The first-order valence-electron chi connectivity index (χ1n) is 6.27. The van der Waals surface area contributed by atoms with Gasteiger partial charge >= 0.3 is 17.9 Å². The molecule has 7 heteroatoms. The topological polar surface area (TPSA) is 129 Å². The molecular formula is C16H10O7. The van der Waals surface area contributed by atoms with Gasteiger partial charge in [0.2, 0.25) is 0 Å². The molecule has 0 saturated heterocycles. The molecule has 2 aromatic carbocycles. The molecule has 0 amide bonds. The molecular weight excluding hydrogens is 304 g/mol. The molecule has 2 aromatic rings. The van der Waals surface area contributed by atoms with Crippen molar-refractivity contribution in [2.75, 3.05) is 0 Å². The molecule has 0 aliphatic heterocycles. The Balaban J connectivity index is 2.72. The summed E-state index contributed by atoms with van der Waals surface area (Å²) < 4.78 is 0. The van der Waals surface area contributed by atoms with Crippen LogP contribution >= 0.6 is 0 Å². The highest BCUT2D eigenvalue weighted by atomic mass is 16.4. The number of hydrogen-bond acceptors (Lipinski definition) is 4. The van der Waals surface area contributed by atoms with Gasteiger partial charge < -0.3 is 15.3 Å². The summed E-state index contributed by atoms with van der Waals surface area (Å²) in [4.78, 5) is 44.3. The standard InChI is InChI=1S/C16H10O7/c17-7-8-1-9(3-11(2-8)14(18)19)10-4-12(15(20)21)6-13(5-10)16(22)23/h1-7H,(H,18,19)(H,20,21)(H,22,23). The lowest BCUT2D eigenvalue weighted by atomic mass is 9.96. The quantitative estimate of drug-likeness (QED) is 0.722. The predicted molar refractivity (Wildman–Crippen MR) is 78.1 cm³/mol. The Kier molecular flexibility index (Phi) is 4.22. The maximum absolute atomic E-state index is 11.1. The average molecular weight is 314 g/mol. The number of rotatable bonds is 5. The molecule has 7 nitrogen and oxygen atoms in total. The van der Waals surface area contributed by atoms with Gasteiger partial charge in [-0.3, -0.25) is 4.79 Å². The number of carboxylic acid groups (broad SMARTS) is 3. The number of carbonyl (C=O) groups excluding carboxylic acids is 1. The van der Waals surface area contributed by atoms with Crippen molar-refractivity contribution in [3.8, 4) is 11.1 Å². The van der Waals surface area contributed by atoms with Crippen LogP contribution in [0.25, 0.3) is 11.1 Å². The van der Waals surface area contributed by atoms with Gasteiger partial charge in [0.05, 0.1) is 16.7 Å². The van der Waals surface area contributed by atoms with Gasteiger partial charge in [-0.25, -0.2) is 14.4 Å². The summed E-state index contributed by atoms with van der Waals surface area (Å²) in [7, 11) is 0. The van der Waals surface area contributed by atoms with Gasteiger partial charge in [-0.05, 0) is 47.5 Å². The normalized spacial score (nSPS) is 10.1. The van der Waals surface area contributed by atoms with E-state index in [4.69, 9.17) is 15.3 Å². The highest BCUT2D eigenvalue weighted by Gasteiger charge is 2.14. The van der Waals surface area contributed by atoms with Crippen molar-refractivity contribution in [1.82, 2.24) is 0 Å². The van der Waals surface area contributed by atoms with Crippen LogP contribution in [0.3, 0.4) is 0 Å².